The predicted octanol–water partition coefficient (Wildman–Crippen LogP) is 6.25. The van der Waals surface area contributed by atoms with E-state index in [1.165, 1.54) is 6.92 Å². The van der Waals surface area contributed by atoms with Crippen molar-refractivity contribution < 1.29 is 22.7 Å². The van der Waals surface area contributed by atoms with Gasteiger partial charge in [0.15, 0.2) is 5.69 Å². The van der Waals surface area contributed by atoms with Crippen LogP contribution in [0.3, 0.4) is 0 Å². The van der Waals surface area contributed by atoms with Crippen molar-refractivity contribution in [2.75, 3.05) is 18.5 Å². The number of rotatable bonds is 5. The van der Waals surface area contributed by atoms with Crippen LogP contribution in [0.25, 0.3) is 21.5 Å². The third-order valence-electron chi connectivity index (χ3n) is 7.54. The monoisotopic (exact) mass is 603 g/mol. The number of anilines is 1. The standard InChI is InChI=1S/C28H25ClF3N5O3S/c1-14-24(28(30,31)32)35-25(41-14)20-10-23-21(11-22(20)34-18-7-8-36-19(9-18)13-40-27(36)39)26(38)37(15(2)33-23)12-16-3-5-17(29)6-4-16/h3-6,10-11,18-19,34H,7-9,12-13H2,1-2H3/t18-,19-/m0/s1. The lowest BCUT2D eigenvalue weighted by atomic mass is 9.97. The van der Waals surface area contributed by atoms with Crippen molar-refractivity contribution in [2.24, 2.45) is 0 Å². The smallest absolute Gasteiger partial charge is 0.434 e. The maximum absolute atomic E-state index is 13.7. The lowest BCUT2D eigenvalue weighted by Crippen LogP contribution is -2.45. The zero-order valence-electron chi connectivity index (χ0n) is 22.1. The van der Waals surface area contributed by atoms with E-state index in [1.807, 2.05) is 12.1 Å². The summed E-state index contributed by atoms with van der Waals surface area (Å²) in [5.41, 5.74) is 0.961. The molecule has 0 aliphatic carbocycles. The highest BCUT2D eigenvalue weighted by Gasteiger charge is 2.39. The van der Waals surface area contributed by atoms with Crippen molar-refractivity contribution in [3.63, 3.8) is 0 Å². The number of hydrogen-bond acceptors (Lipinski definition) is 7. The third kappa shape index (κ3) is 5.26. The number of thiazole rings is 1. The Hall–Kier alpha value is -3.64. The molecule has 2 aromatic heterocycles. The van der Waals surface area contributed by atoms with Crippen LogP contribution in [-0.4, -0.2) is 50.8 Å². The first-order valence-electron chi connectivity index (χ1n) is 13.0. The molecule has 2 aromatic carbocycles. The van der Waals surface area contributed by atoms with Crippen LogP contribution in [0.15, 0.2) is 41.2 Å². The fourth-order valence-electron chi connectivity index (χ4n) is 5.46. The van der Waals surface area contributed by atoms with Crippen LogP contribution in [-0.2, 0) is 17.5 Å². The van der Waals surface area contributed by atoms with Gasteiger partial charge in [-0.15, -0.1) is 11.3 Å². The minimum Gasteiger partial charge on any atom is -0.447 e. The highest BCUT2D eigenvalue weighted by molar-refractivity contribution is 7.15. The summed E-state index contributed by atoms with van der Waals surface area (Å²) < 4.78 is 47.6. The summed E-state index contributed by atoms with van der Waals surface area (Å²) in [6.45, 7) is 4.18. The predicted molar refractivity (Wildman–Crippen MR) is 151 cm³/mol. The molecule has 0 unspecified atom stereocenters. The number of aromatic nitrogens is 3. The summed E-state index contributed by atoms with van der Waals surface area (Å²) in [6.07, 6.45) is -3.71. The number of alkyl halides is 3. The summed E-state index contributed by atoms with van der Waals surface area (Å²) in [5, 5.41) is 4.55. The molecule has 6 rings (SSSR count). The molecule has 8 nitrogen and oxygen atoms in total. The number of cyclic esters (lactones) is 1. The molecule has 214 valence electrons. The molecule has 0 spiro atoms. The van der Waals surface area contributed by atoms with Gasteiger partial charge in [0.25, 0.3) is 5.56 Å². The molecule has 2 aliphatic heterocycles. The number of halogens is 4. The van der Waals surface area contributed by atoms with Crippen molar-refractivity contribution in [1.82, 2.24) is 19.4 Å². The number of carbonyl (C=O) groups excluding carboxylic acids is 1. The molecule has 13 heteroatoms. The highest BCUT2D eigenvalue weighted by atomic mass is 35.5. The lowest BCUT2D eigenvalue weighted by molar-refractivity contribution is -0.141. The van der Waals surface area contributed by atoms with E-state index in [-0.39, 0.29) is 40.2 Å². The minimum absolute atomic E-state index is 0.0518. The Morgan fingerprint density at radius 3 is 2.61 bits per heavy atom. The van der Waals surface area contributed by atoms with Crippen molar-refractivity contribution in [3.05, 3.63) is 73.7 Å². The number of hydrogen-bond donors (Lipinski definition) is 1. The molecule has 0 bridgehead atoms. The Balaban J connectivity index is 1.44. The second kappa shape index (κ2) is 10.3. The van der Waals surface area contributed by atoms with Gasteiger partial charge in [0, 0.05) is 33.7 Å². The van der Waals surface area contributed by atoms with Gasteiger partial charge in [-0.25, -0.2) is 14.8 Å². The zero-order valence-corrected chi connectivity index (χ0v) is 23.7. The molecule has 0 saturated carbocycles. The number of aryl methyl sites for hydroxylation is 2. The molecule has 0 radical (unpaired) electrons. The quantitative estimate of drug-likeness (QED) is 0.290. The molecule has 2 fully saturated rings. The van der Waals surface area contributed by atoms with Crippen molar-refractivity contribution >= 4 is 45.6 Å². The minimum atomic E-state index is -4.59. The van der Waals surface area contributed by atoms with E-state index >= 15 is 0 Å². The molecular formula is C28H25ClF3N5O3S. The van der Waals surface area contributed by atoms with E-state index in [1.54, 1.807) is 40.7 Å². The van der Waals surface area contributed by atoms with Gasteiger partial charge in [0.1, 0.15) is 17.4 Å². The fraction of sp³-hybridized carbons (Fsp3) is 0.357. The van der Waals surface area contributed by atoms with E-state index < -0.39 is 11.9 Å². The Bertz CT molecular complexity index is 1720. The zero-order chi connectivity index (χ0) is 29.1. The van der Waals surface area contributed by atoms with Crippen molar-refractivity contribution in [2.45, 2.75) is 51.5 Å². The van der Waals surface area contributed by atoms with Gasteiger partial charge in [0.2, 0.25) is 0 Å². The molecule has 2 aliphatic rings. The maximum Gasteiger partial charge on any atom is 0.434 e. The number of benzene rings is 2. The summed E-state index contributed by atoms with van der Waals surface area (Å²) in [7, 11) is 0. The van der Waals surface area contributed by atoms with Crippen LogP contribution in [0, 0.1) is 13.8 Å². The molecular weight excluding hydrogens is 579 g/mol. The molecule has 1 N–H and O–H groups in total. The molecule has 1 amide bonds. The number of nitrogens with zero attached hydrogens (tertiary/aromatic N) is 4. The Kier molecular flexibility index (Phi) is 6.93. The Labute approximate surface area is 241 Å². The normalized spacial score (nSPS) is 19.0. The van der Waals surface area contributed by atoms with Crippen LogP contribution < -0.4 is 10.9 Å². The van der Waals surface area contributed by atoms with Gasteiger partial charge >= 0.3 is 12.3 Å². The summed E-state index contributed by atoms with van der Waals surface area (Å²) in [6, 6.07) is 10.3. The van der Waals surface area contributed by atoms with E-state index in [4.69, 9.17) is 16.3 Å². The highest BCUT2D eigenvalue weighted by Crippen LogP contribution is 2.41. The van der Waals surface area contributed by atoms with Crippen LogP contribution in [0.5, 0.6) is 0 Å². The van der Waals surface area contributed by atoms with Gasteiger partial charge < -0.3 is 15.0 Å². The molecule has 2 atom stereocenters. The van der Waals surface area contributed by atoms with Crippen molar-refractivity contribution in [3.8, 4) is 10.6 Å². The third-order valence-corrected chi connectivity index (χ3v) is 8.80. The van der Waals surface area contributed by atoms with Crippen molar-refractivity contribution in [1.29, 1.82) is 0 Å². The van der Waals surface area contributed by atoms with E-state index in [2.05, 4.69) is 15.3 Å². The van der Waals surface area contributed by atoms with Crippen LogP contribution in [0.1, 0.15) is 34.8 Å². The number of nitrogens with one attached hydrogen (secondary N) is 1. The molecule has 4 heterocycles. The number of piperidine rings is 1. The first kappa shape index (κ1) is 27.5. The number of carbonyl (C=O) groups is 1. The summed E-state index contributed by atoms with van der Waals surface area (Å²) in [4.78, 5) is 36.1. The maximum atomic E-state index is 13.7. The fourth-order valence-corrected chi connectivity index (χ4v) is 6.55. The molecule has 4 aromatic rings. The molecule has 2 saturated heterocycles. The van der Waals surface area contributed by atoms with Gasteiger partial charge in [-0.1, -0.05) is 23.7 Å². The Morgan fingerprint density at radius 1 is 1.15 bits per heavy atom. The van der Waals surface area contributed by atoms with Gasteiger partial charge in [0.05, 0.1) is 23.5 Å². The lowest BCUT2D eigenvalue weighted by Gasteiger charge is -2.33. The van der Waals surface area contributed by atoms with Crippen LogP contribution in [0.2, 0.25) is 5.02 Å². The summed E-state index contributed by atoms with van der Waals surface area (Å²) in [5.74, 6) is 0.466. The largest absolute Gasteiger partial charge is 0.447 e. The van der Waals surface area contributed by atoms with Gasteiger partial charge in [-0.2, -0.15) is 13.2 Å². The van der Waals surface area contributed by atoms with Gasteiger partial charge in [-0.3, -0.25) is 9.36 Å². The van der Waals surface area contributed by atoms with E-state index in [0.717, 1.165) is 16.9 Å². The second-order valence-corrected chi connectivity index (χ2v) is 11.9. The average molecular weight is 604 g/mol. The number of ether oxygens (including phenoxy) is 1. The van der Waals surface area contributed by atoms with E-state index in [9.17, 15) is 22.8 Å². The SMILES string of the molecule is Cc1sc(-c2cc3nc(C)n(Cc4ccc(Cl)cc4)c(=O)c3cc2N[C@H]2CCN3C(=O)OC[C@@H]3C2)nc1C(F)(F)F. The summed E-state index contributed by atoms with van der Waals surface area (Å²) >= 11 is 6.95. The average Bonchev–Trinajstić information content (AvgIpc) is 3.50. The first-order valence-corrected chi connectivity index (χ1v) is 14.2. The van der Waals surface area contributed by atoms with Crippen LogP contribution >= 0.6 is 22.9 Å². The first-order chi connectivity index (χ1) is 19.5. The van der Waals surface area contributed by atoms with Gasteiger partial charge in [-0.05, 0) is 56.5 Å². The second-order valence-electron chi connectivity index (χ2n) is 10.3. The number of amides is 1. The topological polar surface area (TPSA) is 89.4 Å². The van der Waals surface area contributed by atoms with Crippen LogP contribution in [0.4, 0.5) is 23.7 Å². The number of fused-ring (bicyclic) bond motifs is 2. The van der Waals surface area contributed by atoms with E-state index in [0.29, 0.717) is 59.0 Å². The molecule has 41 heavy (non-hydrogen) atoms. The Morgan fingerprint density at radius 2 is 1.90 bits per heavy atom.